The molecule has 0 amide bonds. The van der Waals surface area contributed by atoms with Crippen molar-refractivity contribution in [3.63, 3.8) is 0 Å². The fraction of sp³-hybridized carbons (Fsp3) is 0.143. The van der Waals surface area contributed by atoms with Crippen molar-refractivity contribution in [1.82, 2.24) is 0 Å². The van der Waals surface area contributed by atoms with Crippen LogP contribution >= 0.6 is 21.8 Å². The van der Waals surface area contributed by atoms with Crippen molar-refractivity contribution in [1.29, 1.82) is 0 Å². The Morgan fingerprint density at radius 1 is 0.478 bits per heavy atom. The Balaban J connectivity index is 1.82. The van der Waals surface area contributed by atoms with Crippen LogP contribution in [0.1, 0.15) is 0 Å². The number of rotatable bonds is 4. The van der Waals surface area contributed by atoms with E-state index in [-0.39, 0.29) is 21.8 Å². The van der Waals surface area contributed by atoms with Crippen LogP contribution in [0.15, 0.2) is 93.5 Å². The monoisotopic (exact) mass is 340 g/mol. The van der Waals surface area contributed by atoms with Gasteiger partial charge in [0, 0.05) is 0 Å². The molecule has 0 aliphatic rings. The van der Waals surface area contributed by atoms with Gasteiger partial charge in [-0.25, -0.2) is 21.8 Å². The molecule has 120 valence electrons. The smallest absolute Gasteiger partial charge is 0.00875 e. The molecule has 3 aromatic carbocycles. The molecule has 0 aliphatic heterocycles. The van der Waals surface area contributed by atoms with Crippen LogP contribution in [0.25, 0.3) is 11.1 Å². The largest absolute Gasteiger partial charge is 0.233 e. The zero-order chi connectivity index (χ0) is 16.2. The fourth-order valence-corrected chi connectivity index (χ4v) is 4.89. The molecule has 0 saturated heterocycles. The van der Waals surface area contributed by atoms with Gasteiger partial charge in [-0.15, -0.1) is 0 Å². The molecule has 0 bridgehead atoms. The average molecular weight is 341 g/mol. The number of benzene rings is 3. The van der Waals surface area contributed by atoms with Gasteiger partial charge in [0.25, 0.3) is 0 Å². The highest BCUT2D eigenvalue weighted by Crippen LogP contribution is 2.41. The lowest BCUT2D eigenvalue weighted by molar-refractivity contribution is 1.38. The van der Waals surface area contributed by atoms with Crippen molar-refractivity contribution in [2.75, 3.05) is 18.8 Å². The SMILES string of the molecule is C[SH](C)c1ccc(-c2ccc([SH](C)c3ccccc3)cc2)cc1. The van der Waals surface area contributed by atoms with E-state index in [4.69, 9.17) is 0 Å². The van der Waals surface area contributed by atoms with E-state index in [2.05, 4.69) is 97.6 Å². The summed E-state index contributed by atoms with van der Waals surface area (Å²) in [4.78, 5) is 4.32. The lowest BCUT2D eigenvalue weighted by atomic mass is 10.1. The van der Waals surface area contributed by atoms with Crippen LogP contribution in [0.3, 0.4) is 0 Å². The van der Waals surface area contributed by atoms with Crippen molar-refractivity contribution in [2.45, 2.75) is 14.7 Å². The normalized spacial score (nSPS) is 13.5. The van der Waals surface area contributed by atoms with Gasteiger partial charge in [0.1, 0.15) is 0 Å². The highest BCUT2D eigenvalue weighted by molar-refractivity contribution is 8.16. The molecule has 0 saturated carbocycles. The third kappa shape index (κ3) is 3.82. The van der Waals surface area contributed by atoms with E-state index in [1.807, 2.05) is 0 Å². The Morgan fingerprint density at radius 2 is 0.913 bits per heavy atom. The molecule has 0 N–H and O–H groups in total. The highest BCUT2D eigenvalue weighted by atomic mass is 32.2. The Morgan fingerprint density at radius 3 is 1.39 bits per heavy atom. The predicted octanol–water partition coefficient (Wildman–Crippen LogP) is 6.02. The predicted molar refractivity (Wildman–Crippen MR) is 109 cm³/mol. The van der Waals surface area contributed by atoms with E-state index >= 15 is 0 Å². The first-order valence-electron chi connectivity index (χ1n) is 7.82. The quantitative estimate of drug-likeness (QED) is 0.533. The molecule has 1 unspecified atom stereocenters. The van der Waals surface area contributed by atoms with Crippen LogP contribution in [0.5, 0.6) is 0 Å². The fourth-order valence-electron chi connectivity index (χ4n) is 2.63. The Kier molecular flexibility index (Phi) is 5.14. The third-order valence-corrected chi connectivity index (χ3v) is 7.59. The van der Waals surface area contributed by atoms with Gasteiger partial charge in [0.15, 0.2) is 0 Å². The zero-order valence-electron chi connectivity index (χ0n) is 13.9. The van der Waals surface area contributed by atoms with Crippen LogP contribution in [-0.4, -0.2) is 18.8 Å². The van der Waals surface area contributed by atoms with E-state index in [9.17, 15) is 0 Å². The summed E-state index contributed by atoms with van der Waals surface area (Å²) in [5.74, 6) is 0. The van der Waals surface area contributed by atoms with Crippen molar-refractivity contribution in [3.8, 4) is 11.1 Å². The van der Waals surface area contributed by atoms with E-state index in [1.54, 1.807) is 0 Å². The van der Waals surface area contributed by atoms with E-state index in [1.165, 1.54) is 25.8 Å². The number of thiol groups is 2. The van der Waals surface area contributed by atoms with Gasteiger partial charge in [-0.05, 0) is 68.8 Å². The second kappa shape index (κ2) is 7.29. The molecule has 23 heavy (non-hydrogen) atoms. The molecule has 1 atom stereocenters. The summed E-state index contributed by atoms with van der Waals surface area (Å²) >= 11 is 0. The van der Waals surface area contributed by atoms with Gasteiger partial charge in [-0.3, -0.25) is 0 Å². The maximum atomic E-state index is 2.33. The minimum atomic E-state index is -0.263. The van der Waals surface area contributed by atoms with Crippen LogP contribution in [0, 0.1) is 0 Å². The molecule has 0 nitrogen and oxygen atoms in total. The average Bonchev–Trinajstić information content (AvgIpc) is 2.62. The Labute approximate surface area is 145 Å². The summed E-state index contributed by atoms with van der Waals surface area (Å²) in [6.45, 7) is 0. The topological polar surface area (TPSA) is 0 Å². The van der Waals surface area contributed by atoms with Crippen molar-refractivity contribution >= 4 is 21.8 Å². The second-order valence-electron chi connectivity index (χ2n) is 5.88. The van der Waals surface area contributed by atoms with Crippen LogP contribution in [0.4, 0.5) is 0 Å². The maximum absolute atomic E-state index is 2.33. The molecule has 0 heterocycles. The highest BCUT2D eigenvalue weighted by Gasteiger charge is 2.05. The molecule has 3 aromatic rings. The van der Waals surface area contributed by atoms with Crippen LogP contribution in [0.2, 0.25) is 0 Å². The lowest BCUT2D eigenvalue weighted by Crippen LogP contribution is -1.85. The van der Waals surface area contributed by atoms with Gasteiger partial charge < -0.3 is 0 Å². The Hall–Kier alpha value is -1.64. The standard InChI is InChI=1S/C21H24S2/c1-22(2)19-13-9-17(10-14-19)18-11-15-21(16-12-18)23(3)20-7-5-4-6-8-20/h4-16,22-23H,1-3H3. The van der Waals surface area contributed by atoms with Gasteiger partial charge in [-0.1, -0.05) is 54.6 Å². The summed E-state index contributed by atoms with van der Waals surface area (Å²) in [6, 6.07) is 28.9. The van der Waals surface area contributed by atoms with E-state index in [0.717, 1.165) is 0 Å². The Bertz CT molecular complexity index is 744. The van der Waals surface area contributed by atoms with Gasteiger partial charge in [0.05, 0.1) is 0 Å². The zero-order valence-corrected chi connectivity index (χ0v) is 15.7. The van der Waals surface area contributed by atoms with Crippen LogP contribution in [-0.2, 0) is 0 Å². The van der Waals surface area contributed by atoms with Gasteiger partial charge >= 0.3 is 0 Å². The van der Waals surface area contributed by atoms with E-state index in [0.29, 0.717) is 0 Å². The molecule has 2 heteroatoms. The number of hydrogen-bond acceptors (Lipinski definition) is 0. The summed E-state index contributed by atoms with van der Waals surface area (Å²) in [5.41, 5.74) is 2.60. The number of hydrogen-bond donors (Lipinski definition) is 2. The van der Waals surface area contributed by atoms with Crippen LogP contribution < -0.4 is 0 Å². The van der Waals surface area contributed by atoms with E-state index < -0.39 is 0 Å². The second-order valence-corrected chi connectivity index (χ2v) is 10.3. The van der Waals surface area contributed by atoms with Crippen molar-refractivity contribution < 1.29 is 0 Å². The first-order valence-corrected chi connectivity index (χ1v) is 11.8. The lowest BCUT2D eigenvalue weighted by Gasteiger charge is -2.17. The first kappa shape index (κ1) is 16.2. The molecule has 0 aliphatic carbocycles. The molecule has 0 fully saturated rings. The molecule has 3 rings (SSSR count). The molecule has 0 spiro atoms. The van der Waals surface area contributed by atoms with Gasteiger partial charge in [-0.2, -0.15) is 0 Å². The molecule has 0 radical (unpaired) electrons. The summed E-state index contributed by atoms with van der Waals surface area (Å²) < 4.78 is 0. The minimum Gasteiger partial charge on any atom is -0.233 e. The molecular weight excluding hydrogens is 316 g/mol. The first-order chi connectivity index (χ1) is 11.1. The van der Waals surface area contributed by atoms with Crippen molar-refractivity contribution in [3.05, 3.63) is 78.9 Å². The maximum Gasteiger partial charge on any atom is -0.00875 e. The summed E-state index contributed by atoms with van der Waals surface area (Å²) in [6.07, 6.45) is 6.93. The third-order valence-electron chi connectivity index (χ3n) is 4.12. The summed E-state index contributed by atoms with van der Waals surface area (Å²) in [5, 5.41) is 0. The minimum absolute atomic E-state index is 0.0138. The molecular formula is C21H24S2. The van der Waals surface area contributed by atoms with Crippen molar-refractivity contribution in [2.24, 2.45) is 0 Å². The molecule has 0 aromatic heterocycles. The summed E-state index contributed by atoms with van der Waals surface area (Å²) in [7, 11) is -0.277. The van der Waals surface area contributed by atoms with Gasteiger partial charge in [0.2, 0.25) is 0 Å².